The Morgan fingerprint density at radius 2 is 1.83 bits per heavy atom. The highest BCUT2D eigenvalue weighted by Crippen LogP contribution is 2.42. The molecule has 0 saturated heterocycles. The standard InChI is InChI=1S/C30H27BrN6O10S/c1-4-45-29(39)26-16(2)33-30(48)34-27(26)19-7-5-6-8-22(19)46-15-25(38)35-32-14-17-11-20(31)28(24(12-17)44-3)47-23-10-9-18(36(40)41)13-21(23)37(42)43/h5-14,27H,4,15H2,1-3H3,(H,35,38)(H2,33,34,48)/t27-/m1/s1. The number of nitrogens with zero attached hydrogens (tertiary/aromatic N) is 3. The Kier molecular flexibility index (Phi) is 11.6. The van der Waals surface area contributed by atoms with Gasteiger partial charge in [0.1, 0.15) is 5.75 Å². The third-order valence-electron chi connectivity index (χ3n) is 6.57. The van der Waals surface area contributed by atoms with E-state index >= 15 is 0 Å². The Morgan fingerprint density at radius 1 is 1.08 bits per heavy atom. The van der Waals surface area contributed by atoms with Gasteiger partial charge < -0.3 is 29.6 Å². The summed E-state index contributed by atoms with van der Waals surface area (Å²) >= 11 is 8.63. The first kappa shape index (κ1) is 35.2. The summed E-state index contributed by atoms with van der Waals surface area (Å²) in [6.07, 6.45) is 1.32. The Bertz CT molecular complexity index is 1850. The highest BCUT2D eigenvalue weighted by molar-refractivity contribution is 9.10. The first-order valence-electron chi connectivity index (χ1n) is 13.9. The fourth-order valence-electron chi connectivity index (χ4n) is 4.48. The summed E-state index contributed by atoms with van der Waals surface area (Å²) in [7, 11) is 1.34. The van der Waals surface area contributed by atoms with Crippen molar-refractivity contribution in [3.63, 3.8) is 0 Å². The minimum Gasteiger partial charge on any atom is -0.493 e. The van der Waals surface area contributed by atoms with Crippen LogP contribution in [0.4, 0.5) is 11.4 Å². The van der Waals surface area contributed by atoms with E-state index < -0.39 is 45.7 Å². The number of amides is 1. The number of nitro benzene ring substituents is 2. The number of benzene rings is 3. The van der Waals surface area contributed by atoms with E-state index in [-0.39, 0.29) is 23.9 Å². The molecule has 16 nitrogen and oxygen atoms in total. The van der Waals surface area contributed by atoms with Crippen LogP contribution >= 0.6 is 28.1 Å². The molecule has 0 saturated carbocycles. The maximum Gasteiger partial charge on any atom is 0.338 e. The van der Waals surface area contributed by atoms with Crippen molar-refractivity contribution in [2.75, 3.05) is 20.3 Å². The molecule has 1 aliphatic rings. The van der Waals surface area contributed by atoms with E-state index in [0.717, 1.165) is 18.2 Å². The first-order valence-corrected chi connectivity index (χ1v) is 15.1. The lowest BCUT2D eigenvalue weighted by Gasteiger charge is -2.30. The average molecular weight is 744 g/mol. The maximum absolute atomic E-state index is 12.8. The second kappa shape index (κ2) is 15.8. The van der Waals surface area contributed by atoms with E-state index in [1.54, 1.807) is 44.2 Å². The van der Waals surface area contributed by atoms with Crippen LogP contribution in [0.3, 0.4) is 0 Å². The van der Waals surface area contributed by atoms with E-state index in [9.17, 15) is 29.8 Å². The number of non-ortho nitro benzene ring substituents is 1. The first-order chi connectivity index (χ1) is 22.9. The number of methoxy groups -OCH3 is 1. The number of carbonyl (C=O) groups is 2. The Labute approximate surface area is 286 Å². The molecule has 0 aromatic heterocycles. The zero-order valence-corrected chi connectivity index (χ0v) is 27.9. The van der Waals surface area contributed by atoms with Crippen molar-refractivity contribution in [1.29, 1.82) is 0 Å². The number of rotatable bonds is 13. The Hall–Kier alpha value is -5.62. The topological polar surface area (TPSA) is 206 Å². The van der Waals surface area contributed by atoms with Gasteiger partial charge in [-0.2, -0.15) is 5.10 Å². The van der Waals surface area contributed by atoms with E-state index in [2.05, 4.69) is 37.1 Å². The van der Waals surface area contributed by atoms with Crippen LogP contribution in [-0.2, 0) is 14.3 Å². The number of carbonyl (C=O) groups excluding carboxylic acids is 2. The van der Waals surface area contributed by atoms with E-state index in [1.807, 2.05) is 0 Å². The number of halogens is 1. The summed E-state index contributed by atoms with van der Waals surface area (Å²) < 4.78 is 22.4. The second-order valence-electron chi connectivity index (χ2n) is 9.71. The van der Waals surface area contributed by atoms with Gasteiger partial charge in [-0.1, -0.05) is 18.2 Å². The van der Waals surface area contributed by atoms with Crippen LogP contribution in [0.5, 0.6) is 23.0 Å². The molecule has 1 amide bonds. The molecule has 0 bridgehead atoms. The van der Waals surface area contributed by atoms with Crippen LogP contribution in [0.2, 0.25) is 0 Å². The summed E-state index contributed by atoms with van der Waals surface area (Å²) in [4.78, 5) is 46.4. The lowest BCUT2D eigenvalue weighted by molar-refractivity contribution is -0.394. The van der Waals surface area contributed by atoms with Gasteiger partial charge in [0.2, 0.25) is 5.75 Å². The summed E-state index contributed by atoms with van der Waals surface area (Å²) in [5.74, 6) is -0.846. The largest absolute Gasteiger partial charge is 0.493 e. The SMILES string of the molecule is CCOC(=O)C1=C(C)NC(=S)N[C@@H]1c1ccccc1OCC(=O)NN=Cc1cc(Br)c(Oc2ccc([N+](=O)[O-])cc2[N+](=O)[O-])c(OC)c1. The zero-order chi connectivity index (χ0) is 35.0. The number of thiocarbonyl (C=S) groups is 1. The lowest BCUT2D eigenvalue weighted by atomic mass is 9.95. The van der Waals surface area contributed by atoms with Crippen molar-refractivity contribution in [3.05, 3.63) is 102 Å². The third kappa shape index (κ3) is 8.39. The lowest BCUT2D eigenvalue weighted by Crippen LogP contribution is -2.45. The molecule has 1 heterocycles. The molecule has 250 valence electrons. The van der Waals surface area contributed by atoms with Crippen molar-refractivity contribution in [1.82, 2.24) is 16.1 Å². The molecular formula is C30H27BrN6O10S. The summed E-state index contributed by atoms with van der Waals surface area (Å²) in [5, 5.41) is 32.8. The van der Waals surface area contributed by atoms with Gasteiger partial charge in [-0.05, 0) is 71.8 Å². The zero-order valence-electron chi connectivity index (χ0n) is 25.5. The minimum atomic E-state index is -0.798. The van der Waals surface area contributed by atoms with Gasteiger partial charge in [0.15, 0.2) is 23.2 Å². The van der Waals surface area contributed by atoms with Gasteiger partial charge in [-0.3, -0.25) is 25.0 Å². The minimum absolute atomic E-state index is 0.0582. The monoisotopic (exact) mass is 742 g/mol. The predicted molar refractivity (Wildman–Crippen MR) is 179 cm³/mol. The quantitative estimate of drug-likeness (QED) is 0.0698. The molecule has 1 atom stereocenters. The molecule has 1 aliphatic heterocycles. The number of para-hydroxylation sites is 1. The van der Waals surface area contributed by atoms with E-state index in [4.69, 9.17) is 31.2 Å². The van der Waals surface area contributed by atoms with Crippen molar-refractivity contribution >= 4 is 62.7 Å². The molecule has 3 aromatic rings. The predicted octanol–water partition coefficient (Wildman–Crippen LogP) is 4.95. The fraction of sp³-hybridized carbons (Fsp3) is 0.200. The van der Waals surface area contributed by atoms with Crippen molar-refractivity contribution in [2.24, 2.45) is 5.10 Å². The Balaban J connectivity index is 1.45. The molecule has 48 heavy (non-hydrogen) atoms. The van der Waals surface area contributed by atoms with Crippen molar-refractivity contribution in [3.8, 4) is 23.0 Å². The van der Waals surface area contributed by atoms with Gasteiger partial charge in [0.25, 0.3) is 11.6 Å². The van der Waals surface area contributed by atoms with E-state index in [1.165, 1.54) is 19.4 Å². The van der Waals surface area contributed by atoms with Gasteiger partial charge >= 0.3 is 11.7 Å². The molecule has 18 heteroatoms. The van der Waals surface area contributed by atoms with Gasteiger partial charge in [0, 0.05) is 17.3 Å². The Morgan fingerprint density at radius 3 is 2.52 bits per heavy atom. The number of allylic oxidation sites excluding steroid dienone is 1. The van der Waals surface area contributed by atoms with Gasteiger partial charge in [-0.25, -0.2) is 10.2 Å². The van der Waals surface area contributed by atoms with Crippen molar-refractivity contribution < 1.29 is 38.4 Å². The highest BCUT2D eigenvalue weighted by atomic mass is 79.9. The van der Waals surface area contributed by atoms with E-state index in [0.29, 0.717) is 37.7 Å². The number of ether oxygens (including phenoxy) is 4. The molecule has 3 N–H and O–H groups in total. The van der Waals surface area contributed by atoms with Crippen LogP contribution in [-0.4, -0.2) is 53.4 Å². The average Bonchev–Trinajstić information content (AvgIpc) is 3.04. The number of nitro groups is 2. The number of esters is 1. The number of hydrogen-bond donors (Lipinski definition) is 3. The number of hydrazone groups is 1. The normalized spacial score (nSPS) is 14.1. The number of hydrogen-bond acceptors (Lipinski definition) is 12. The van der Waals surface area contributed by atoms with Crippen LogP contribution in [0, 0.1) is 20.2 Å². The maximum atomic E-state index is 12.8. The van der Waals surface area contributed by atoms with Crippen LogP contribution < -0.4 is 30.3 Å². The summed E-state index contributed by atoms with van der Waals surface area (Å²) in [5.41, 5.74) is 3.12. The smallest absolute Gasteiger partial charge is 0.338 e. The molecule has 0 spiro atoms. The molecular weight excluding hydrogens is 716 g/mol. The molecule has 0 unspecified atom stereocenters. The van der Waals surface area contributed by atoms with Gasteiger partial charge in [0.05, 0.1) is 51.9 Å². The molecule has 0 aliphatic carbocycles. The molecule has 4 rings (SSSR count). The summed E-state index contributed by atoms with van der Waals surface area (Å²) in [6, 6.07) is 12.2. The molecule has 0 radical (unpaired) electrons. The highest BCUT2D eigenvalue weighted by Gasteiger charge is 2.32. The van der Waals surface area contributed by atoms with Crippen LogP contribution in [0.15, 0.2) is 75.4 Å². The third-order valence-corrected chi connectivity index (χ3v) is 7.38. The van der Waals surface area contributed by atoms with Gasteiger partial charge in [-0.15, -0.1) is 0 Å². The molecule has 0 fully saturated rings. The second-order valence-corrected chi connectivity index (χ2v) is 11.0. The molecule has 3 aromatic carbocycles. The fourth-order valence-corrected chi connectivity index (χ4v) is 5.29. The van der Waals surface area contributed by atoms with Crippen molar-refractivity contribution in [2.45, 2.75) is 19.9 Å². The summed E-state index contributed by atoms with van der Waals surface area (Å²) in [6.45, 7) is 3.17. The van der Waals surface area contributed by atoms with Crippen LogP contribution in [0.1, 0.15) is 31.0 Å². The number of nitrogens with one attached hydrogen (secondary N) is 3. The van der Waals surface area contributed by atoms with Crippen LogP contribution in [0.25, 0.3) is 0 Å².